The first-order valence-corrected chi connectivity index (χ1v) is 9.60. The van der Waals surface area contributed by atoms with Gasteiger partial charge in [-0.2, -0.15) is 0 Å². The Hall–Kier alpha value is -1.27. The van der Waals surface area contributed by atoms with Crippen molar-refractivity contribution in [2.75, 3.05) is 11.4 Å². The Morgan fingerprint density at radius 3 is 2.62 bits per heavy atom. The molecule has 0 aliphatic carbocycles. The van der Waals surface area contributed by atoms with Crippen LogP contribution in [0.15, 0.2) is 6.07 Å². The number of anilines is 1. The molecule has 2 aliphatic rings. The molecular formula is C18H30N4OS. The maximum Gasteiger partial charge on any atom is 0.252 e. The second-order valence-corrected chi connectivity index (χ2v) is 8.86. The highest BCUT2D eigenvalue weighted by Crippen LogP contribution is 2.28. The molecule has 3 heterocycles. The zero-order chi connectivity index (χ0) is 17.9. The van der Waals surface area contributed by atoms with Gasteiger partial charge < -0.3 is 10.2 Å². The van der Waals surface area contributed by atoms with Gasteiger partial charge in [-0.15, -0.1) is 0 Å². The first-order chi connectivity index (χ1) is 11.3. The van der Waals surface area contributed by atoms with Crippen molar-refractivity contribution in [3.05, 3.63) is 22.9 Å². The van der Waals surface area contributed by atoms with Gasteiger partial charge in [0.2, 0.25) is 0 Å². The van der Waals surface area contributed by atoms with Crippen LogP contribution in [0.2, 0.25) is 0 Å². The minimum absolute atomic E-state index is 0.0511. The van der Waals surface area contributed by atoms with Crippen molar-refractivity contribution in [3.63, 3.8) is 0 Å². The van der Waals surface area contributed by atoms with Gasteiger partial charge in [-0.05, 0) is 53.0 Å². The first-order valence-electron chi connectivity index (χ1n) is 8.72. The zero-order valence-electron chi connectivity index (χ0n) is 15.5. The van der Waals surface area contributed by atoms with E-state index in [1.54, 1.807) is 0 Å². The Balaban J connectivity index is 0.000000301. The average molecular weight is 351 g/mol. The molecule has 5 nitrogen and oxygen atoms in total. The highest BCUT2D eigenvalue weighted by molar-refractivity contribution is 7.98. The Morgan fingerprint density at radius 2 is 2.12 bits per heavy atom. The summed E-state index contributed by atoms with van der Waals surface area (Å²) in [5.41, 5.74) is 2.99. The van der Waals surface area contributed by atoms with Crippen LogP contribution >= 0.6 is 11.9 Å². The number of aryl methyl sites for hydroxylation is 1. The Labute approximate surface area is 149 Å². The predicted octanol–water partition coefficient (Wildman–Crippen LogP) is 3.27. The molecule has 0 aromatic carbocycles. The number of nitrogens with zero attached hydrogens (tertiary/aromatic N) is 2. The lowest BCUT2D eigenvalue weighted by Gasteiger charge is -2.23. The van der Waals surface area contributed by atoms with Crippen LogP contribution in [0, 0.1) is 0 Å². The topological polar surface area (TPSA) is 71.2 Å². The number of carbonyl (C=O) groups is 1. The number of aromatic nitrogens is 1. The normalized spacial score (nSPS) is 19.7. The molecule has 2 aliphatic heterocycles. The summed E-state index contributed by atoms with van der Waals surface area (Å²) >= 11 is 1.38. The van der Waals surface area contributed by atoms with Crippen LogP contribution in [0.3, 0.4) is 0 Å². The second kappa shape index (κ2) is 7.74. The molecule has 0 saturated carbocycles. The summed E-state index contributed by atoms with van der Waals surface area (Å²) < 4.78 is 0.236. The maximum atomic E-state index is 11.8. The van der Waals surface area contributed by atoms with Gasteiger partial charge in [-0.25, -0.2) is 4.98 Å². The number of hydrogen-bond donors (Lipinski definition) is 2. The first kappa shape index (κ1) is 19.1. The maximum absolute atomic E-state index is 11.8. The van der Waals surface area contributed by atoms with Crippen molar-refractivity contribution >= 4 is 23.7 Å². The van der Waals surface area contributed by atoms with E-state index in [1.807, 2.05) is 6.07 Å². The quantitative estimate of drug-likeness (QED) is 0.801. The molecular weight excluding hydrogens is 320 g/mol. The molecule has 1 aromatic rings. The van der Waals surface area contributed by atoms with Gasteiger partial charge in [-0.1, -0.05) is 18.9 Å². The highest BCUT2D eigenvalue weighted by Gasteiger charge is 2.27. The Morgan fingerprint density at radius 1 is 1.46 bits per heavy atom. The van der Waals surface area contributed by atoms with Crippen molar-refractivity contribution in [2.45, 2.75) is 71.2 Å². The molecule has 134 valence electrons. The molecule has 1 aromatic heterocycles. The van der Waals surface area contributed by atoms with Crippen LogP contribution < -0.4 is 15.4 Å². The summed E-state index contributed by atoms with van der Waals surface area (Å²) in [5.74, 6) is 1.03. The van der Waals surface area contributed by atoms with Gasteiger partial charge in [0.15, 0.2) is 0 Å². The Bertz CT molecular complexity index is 597. The smallest absolute Gasteiger partial charge is 0.252 e. The van der Waals surface area contributed by atoms with Crippen LogP contribution in [-0.2, 0) is 13.0 Å². The van der Waals surface area contributed by atoms with Crippen LogP contribution in [-0.4, -0.2) is 28.2 Å². The largest absolute Gasteiger partial charge is 0.354 e. The second-order valence-electron chi connectivity index (χ2n) is 7.40. The van der Waals surface area contributed by atoms with E-state index in [1.165, 1.54) is 24.8 Å². The van der Waals surface area contributed by atoms with Gasteiger partial charge in [0, 0.05) is 40.7 Å². The molecule has 1 amide bonds. The highest BCUT2D eigenvalue weighted by atomic mass is 32.2. The molecule has 24 heavy (non-hydrogen) atoms. The summed E-state index contributed by atoms with van der Waals surface area (Å²) in [5, 5.41) is 8.11. The Kier molecular flexibility index (Phi) is 6.15. The van der Waals surface area contributed by atoms with Gasteiger partial charge in [0.25, 0.3) is 5.91 Å². The fourth-order valence-corrected chi connectivity index (χ4v) is 2.99. The van der Waals surface area contributed by atoms with Gasteiger partial charge in [0.05, 0.1) is 0 Å². The number of carbonyl (C=O) groups excluding carboxylic acids is 1. The van der Waals surface area contributed by atoms with E-state index in [-0.39, 0.29) is 10.7 Å². The number of nitrogens with two attached hydrogens (primary N) is 1. The molecule has 1 fully saturated rings. The van der Waals surface area contributed by atoms with Gasteiger partial charge in [0.1, 0.15) is 5.82 Å². The van der Waals surface area contributed by atoms with Crippen molar-refractivity contribution in [3.8, 4) is 0 Å². The van der Waals surface area contributed by atoms with E-state index in [4.69, 9.17) is 10.1 Å². The molecule has 1 unspecified atom stereocenters. The van der Waals surface area contributed by atoms with Crippen LogP contribution in [0.1, 0.15) is 69.1 Å². The van der Waals surface area contributed by atoms with E-state index in [0.717, 1.165) is 35.6 Å². The molecule has 6 heteroatoms. The number of amides is 1. The van der Waals surface area contributed by atoms with Gasteiger partial charge >= 0.3 is 0 Å². The number of pyridine rings is 1. The zero-order valence-corrected chi connectivity index (χ0v) is 16.3. The van der Waals surface area contributed by atoms with Crippen molar-refractivity contribution in [2.24, 2.45) is 5.14 Å². The fourth-order valence-electron chi connectivity index (χ4n) is 2.99. The van der Waals surface area contributed by atoms with E-state index in [9.17, 15) is 4.79 Å². The number of fused-ring (bicyclic) bond motifs is 1. The summed E-state index contributed by atoms with van der Waals surface area (Å²) in [6, 6.07) is 2.50. The average Bonchev–Trinajstić information content (AvgIpc) is 3.13. The van der Waals surface area contributed by atoms with Crippen LogP contribution in [0.25, 0.3) is 0 Å². The molecule has 3 N–H and O–H groups in total. The summed E-state index contributed by atoms with van der Waals surface area (Å²) in [7, 11) is 0. The van der Waals surface area contributed by atoms with Crippen molar-refractivity contribution in [1.82, 2.24) is 10.3 Å². The minimum atomic E-state index is 0.0511. The van der Waals surface area contributed by atoms with Crippen LogP contribution in [0.5, 0.6) is 0 Å². The van der Waals surface area contributed by atoms with E-state index in [0.29, 0.717) is 12.6 Å². The predicted molar refractivity (Wildman–Crippen MR) is 102 cm³/mol. The molecule has 0 radical (unpaired) electrons. The number of hydrogen-bond acceptors (Lipinski definition) is 5. The van der Waals surface area contributed by atoms with Crippen LogP contribution in [0.4, 0.5) is 5.82 Å². The van der Waals surface area contributed by atoms with E-state index >= 15 is 0 Å². The third kappa shape index (κ3) is 4.42. The van der Waals surface area contributed by atoms with Crippen molar-refractivity contribution < 1.29 is 4.79 Å². The van der Waals surface area contributed by atoms with E-state index in [2.05, 4.69) is 44.8 Å². The lowest BCUT2D eigenvalue weighted by molar-refractivity contribution is 0.0965. The van der Waals surface area contributed by atoms with Crippen molar-refractivity contribution in [1.29, 1.82) is 0 Å². The molecule has 0 spiro atoms. The lowest BCUT2D eigenvalue weighted by Crippen LogP contribution is -2.27. The van der Waals surface area contributed by atoms with E-state index < -0.39 is 0 Å². The third-order valence-corrected chi connectivity index (χ3v) is 5.11. The number of rotatable bonds is 2. The summed E-state index contributed by atoms with van der Waals surface area (Å²) in [4.78, 5) is 18.9. The number of nitrogens with one attached hydrogen (secondary N) is 1. The summed E-state index contributed by atoms with van der Waals surface area (Å²) in [6.45, 7) is 12.3. The van der Waals surface area contributed by atoms with Gasteiger partial charge in [-0.3, -0.25) is 9.93 Å². The summed E-state index contributed by atoms with van der Waals surface area (Å²) in [6.07, 6.45) is 3.31. The molecule has 1 atom stereocenters. The standard InChI is InChI=1S/C14H19N3O.C4H11NS/c1-3-12-11-8-15-14(18)10(11)7-13(16-12)17-6-4-5-9(17)2;1-4(2,3)6-5/h7,9H,3-6,8H2,1-2H3,(H,15,18);5H2,1-3H3. The molecule has 0 bridgehead atoms. The monoisotopic (exact) mass is 350 g/mol. The third-order valence-electron chi connectivity index (χ3n) is 4.40. The molecule has 1 saturated heterocycles. The fraction of sp³-hybridized carbons (Fsp3) is 0.667. The SMILES string of the molecule is CC(C)(C)SN.CCc1nc(N2CCCC2C)cc2c1CNC2=O. The minimum Gasteiger partial charge on any atom is -0.354 e. The molecule has 3 rings (SSSR count). The lowest BCUT2D eigenvalue weighted by atomic mass is 10.1.